The van der Waals surface area contributed by atoms with Crippen molar-refractivity contribution in [2.24, 2.45) is 11.7 Å². The molecule has 0 spiro atoms. The van der Waals surface area contributed by atoms with E-state index in [9.17, 15) is 5.11 Å². The molecule has 1 unspecified atom stereocenters. The fraction of sp³-hybridized carbons (Fsp3) is 0.276. The van der Waals surface area contributed by atoms with E-state index in [0.717, 1.165) is 33.2 Å². The predicted molar refractivity (Wildman–Crippen MR) is 136 cm³/mol. The molecule has 2 aromatic carbocycles. The molecule has 3 aromatic rings. The molecule has 166 valence electrons. The molecule has 3 rings (SSSR count). The highest BCUT2D eigenvalue weighted by Crippen LogP contribution is 2.34. The minimum Gasteiger partial charge on any atom is -0.405 e. The van der Waals surface area contributed by atoms with Crippen LogP contribution in [0.2, 0.25) is 0 Å². The van der Waals surface area contributed by atoms with Gasteiger partial charge in [0.15, 0.2) is 0 Å². The summed E-state index contributed by atoms with van der Waals surface area (Å²) in [5.74, 6) is 0.295. The zero-order valence-electron chi connectivity index (χ0n) is 19.5. The Hall–Kier alpha value is -3.17. The van der Waals surface area contributed by atoms with Crippen LogP contribution in [0.1, 0.15) is 44.7 Å². The average molecular weight is 427 g/mol. The van der Waals surface area contributed by atoms with Crippen molar-refractivity contribution in [3.63, 3.8) is 0 Å². The van der Waals surface area contributed by atoms with Crippen molar-refractivity contribution in [1.29, 1.82) is 0 Å². The summed E-state index contributed by atoms with van der Waals surface area (Å²) >= 11 is 0. The van der Waals surface area contributed by atoms with E-state index in [4.69, 9.17) is 5.73 Å². The van der Waals surface area contributed by atoms with Crippen LogP contribution in [0.15, 0.2) is 91.3 Å². The van der Waals surface area contributed by atoms with Gasteiger partial charge in [-0.05, 0) is 78.9 Å². The SMILES string of the molecule is C=C/C=C(\C=C/N)C(Cc1cccc(-c2cc(C(C)C)cc3cccnc23)c1)C(C)(C)O. The zero-order chi connectivity index (χ0) is 23.3. The lowest BCUT2D eigenvalue weighted by atomic mass is 9.79. The normalized spacial score (nSPS) is 13.8. The van der Waals surface area contributed by atoms with Gasteiger partial charge in [-0.2, -0.15) is 0 Å². The van der Waals surface area contributed by atoms with Gasteiger partial charge >= 0.3 is 0 Å². The van der Waals surface area contributed by atoms with E-state index < -0.39 is 5.60 Å². The number of aromatic nitrogens is 1. The van der Waals surface area contributed by atoms with E-state index in [0.29, 0.717) is 12.3 Å². The van der Waals surface area contributed by atoms with Crippen LogP contribution in [0.25, 0.3) is 22.0 Å². The maximum absolute atomic E-state index is 10.9. The minimum absolute atomic E-state index is 0.132. The second-order valence-corrected chi connectivity index (χ2v) is 9.17. The van der Waals surface area contributed by atoms with E-state index >= 15 is 0 Å². The lowest BCUT2D eigenvalue weighted by Gasteiger charge is -2.31. The third-order valence-electron chi connectivity index (χ3n) is 5.93. The van der Waals surface area contributed by atoms with Gasteiger partial charge in [0.25, 0.3) is 0 Å². The summed E-state index contributed by atoms with van der Waals surface area (Å²) in [6, 6.07) is 17.1. The molecule has 0 radical (unpaired) electrons. The van der Waals surface area contributed by atoms with E-state index in [1.54, 1.807) is 6.08 Å². The Morgan fingerprint density at radius 2 is 1.94 bits per heavy atom. The molecule has 3 heteroatoms. The number of rotatable bonds is 8. The number of benzene rings is 2. The Morgan fingerprint density at radius 1 is 1.16 bits per heavy atom. The van der Waals surface area contributed by atoms with Crippen LogP contribution in [0.5, 0.6) is 0 Å². The summed E-state index contributed by atoms with van der Waals surface area (Å²) in [5, 5.41) is 12.1. The lowest BCUT2D eigenvalue weighted by Crippen LogP contribution is -2.33. The third kappa shape index (κ3) is 5.35. The smallest absolute Gasteiger partial charge is 0.0780 e. The average Bonchev–Trinajstić information content (AvgIpc) is 2.76. The van der Waals surface area contributed by atoms with Gasteiger partial charge in [-0.1, -0.05) is 62.9 Å². The quantitative estimate of drug-likeness (QED) is 0.402. The van der Waals surface area contributed by atoms with Gasteiger partial charge in [-0.15, -0.1) is 0 Å². The largest absolute Gasteiger partial charge is 0.405 e. The predicted octanol–water partition coefficient (Wildman–Crippen LogP) is 6.54. The van der Waals surface area contributed by atoms with Crippen LogP contribution in [-0.2, 0) is 6.42 Å². The summed E-state index contributed by atoms with van der Waals surface area (Å²) in [5.41, 5.74) is 11.4. The summed E-state index contributed by atoms with van der Waals surface area (Å²) in [4.78, 5) is 4.68. The molecular weight excluding hydrogens is 392 g/mol. The summed E-state index contributed by atoms with van der Waals surface area (Å²) in [6.07, 6.45) is 9.54. The Labute approximate surface area is 192 Å². The first kappa shape index (κ1) is 23.5. The van der Waals surface area contributed by atoms with Crippen molar-refractivity contribution in [3.05, 3.63) is 102 Å². The highest BCUT2D eigenvalue weighted by atomic mass is 16.3. The van der Waals surface area contributed by atoms with Crippen LogP contribution in [0.3, 0.4) is 0 Å². The standard InChI is InChI=1S/C29H34N2O/c1-6-9-22(13-14-30)27(29(4,5)32)17-21-10-7-11-23(16-21)26-19-25(20(2)3)18-24-12-8-15-31-28(24)26/h6-16,18-20,27,32H,1,17,30H2,2-5H3/b14-13-,22-9+. The van der Waals surface area contributed by atoms with Gasteiger partial charge in [0.2, 0.25) is 0 Å². The van der Waals surface area contributed by atoms with Crippen molar-refractivity contribution in [2.75, 3.05) is 0 Å². The highest BCUT2D eigenvalue weighted by molar-refractivity contribution is 5.94. The molecule has 1 heterocycles. The molecule has 0 amide bonds. The maximum Gasteiger partial charge on any atom is 0.0780 e. The molecule has 0 aliphatic carbocycles. The number of fused-ring (bicyclic) bond motifs is 1. The number of aliphatic hydroxyl groups is 1. The van der Waals surface area contributed by atoms with Gasteiger partial charge in [0.05, 0.1) is 11.1 Å². The summed E-state index contributed by atoms with van der Waals surface area (Å²) in [6.45, 7) is 11.9. The number of nitrogens with two attached hydrogens (primary N) is 1. The van der Waals surface area contributed by atoms with Crippen molar-refractivity contribution in [1.82, 2.24) is 4.98 Å². The summed E-state index contributed by atoms with van der Waals surface area (Å²) in [7, 11) is 0. The lowest BCUT2D eigenvalue weighted by molar-refractivity contribution is 0.0338. The first-order chi connectivity index (χ1) is 15.2. The Morgan fingerprint density at radius 3 is 2.59 bits per heavy atom. The molecule has 3 N–H and O–H groups in total. The van der Waals surface area contributed by atoms with Gasteiger partial charge < -0.3 is 10.8 Å². The van der Waals surface area contributed by atoms with E-state index in [1.165, 1.54) is 11.8 Å². The van der Waals surface area contributed by atoms with Crippen molar-refractivity contribution in [2.45, 2.75) is 45.6 Å². The number of nitrogens with zero attached hydrogens (tertiary/aromatic N) is 1. The molecule has 0 fully saturated rings. The zero-order valence-corrected chi connectivity index (χ0v) is 19.5. The number of pyridine rings is 1. The Balaban J connectivity index is 2.09. The van der Waals surface area contributed by atoms with E-state index in [2.05, 4.69) is 67.9 Å². The van der Waals surface area contributed by atoms with Crippen LogP contribution in [0, 0.1) is 5.92 Å². The second-order valence-electron chi connectivity index (χ2n) is 9.17. The molecule has 0 aliphatic heterocycles. The van der Waals surface area contributed by atoms with Crippen molar-refractivity contribution >= 4 is 10.9 Å². The van der Waals surface area contributed by atoms with Crippen LogP contribution >= 0.6 is 0 Å². The first-order valence-corrected chi connectivity index (χ1v) is 11.2. The highest BCUT2D eigenvalue weighted by Gasteiger charge is 2.29. The van der Waals surface area contributed by atoms with Gasteiger partial charge in [0.1, 0.15) is 0 Å². The number of allylic oxidation sites excluding steroid dienone is 3. The van der Waals surface area contributed by atoms with Crippen LogP contribution in [-0.4, -0.2) is 15.7 Å². The van der Waals surface area contributed by atoms with E-state index in [1.807, 2.05) is 38.3 Å². The van der Waals surface area contributed by atoms with E-state index in [-0.39, 0.29) is 5.92 Å². The second kappa shape index (κ2) is 9.97. The van der Waals surface area contributed by atoms with Crippen LogP contribution < -0.4 is 5.73 Å². The van der Waals surface area contributed by atoms with Gasteiger partial charge in [-0.3, -0.25) is 4.98 Å². The molecule has 1 aromatic heterocycles. The molecular formula is C29H34N2O. The topological polar surface area (TPSA) is 59.1 Å². The maximum atomic E-state index is 10.9. The van der Waals surface area contributed by atoms with Crippen molar-refractivity contribution in [3.8, 4) is 11.1 Å². The monoisotopic (exact) mass is 426 g/mol. The van der Waals surface area contributed by atoms with Crippen LogP contribution in [0.4, 0.5) is 0 Å². The van der Waals surface area contributed by atoms with Gasteiger partial charge in [0, 0.05) is 23.1 Å². The molecule has 1 atom stereocenters. The molecule has 0 bridgehead atoms. The Kier molecular flexibility index (Phi) is 7.32. The number of hydrogen-bond acceptors (Lipinski definition) is 3. The van der Waals surface area contributed by atoms with Crippen molar-refractivity contribution < 1.29 is 5.11 Å². The molecule has 0 saturated heterocycles. The minimum atomic E-state index is -0.920. The van der Waals surface area contributed by atoms with Gasteiger partial charge in [-0.25, -0.2) is 0 Å². The number of hydrogen-bond donors (Lipinski definition) is 2. The summed E-state index contributed by atoms with van der Waals surface area (Å²) < 4.78 is 0. The molecule has 0 aliphatic rings. The Bertz CT molecular complexity index is 1150. The fourth-order valence-corrected chi connectivity index (χ4v) is 4.18. The first-order valence-electron chi connectivity index (χ1n) is 11.2. The third-order valence-corrected chi connectivity index (χ3v) is 5.93. The molecule has 0 saturated carbocycles. The molecule has 3 nitrogen and oxygen atoms in total. The molecule has 32 heavy (non-hydrogen) atoms. The fourth-order valence-electron chi connectivity index (χ4n) is 4.18.